The molecule has 0 bridgehead atoms. The van der Waals surface area contributed by atoms with Crippen molar-refractivity contribution in [1.29, 1.82) is 0 Å². The van der Waals surface area contributed by atoms with E-state index in [1.54, 1.807) is 14.2 Å². The second-order valence-electron chi connectivity index (χ2n) is 3.84. The van der Waals surface area contributed by atoms with Crippen LogP contribution in [0.5, 0.6) is 0 Å². The van der Waals surface area contributed by atoms with Crippen LogP contribution in [0.25, 0.3) is 0 Å². The highest BCUT2D eigenvalue weighted by Gasteiger charge is 2.29. The molecule has 0 fully saturated rings. The van der Waals surface area contributed by atoms with Crippen molar-refractivity contribution in [2.75, 3.05) is 20.8 Å². The molecule has 0 spiro atoms. The number of rotatable bonds is 5. The van der Waals surface area contributed by atoms with Gasteiger partial charge in [-0.25, -0.2) is 0 Å². The van der Waals surface area contributed by atoms with Gasteiger partial charge >= 0.3 is 6.18 Å². The standard InChI is InChI=1S/C12H16F3NO/c1-16-11(8-17-2)7-9-3-5-10(6-4-9)12(13,14)15/h3-6,11,16H,7-8H2,1-2H3. The quantitative estimate of drug-likeness (QED) is 0.863. The van der Waals surface area contributed by atoms with Crippen LogP contribution in [-0.2, 0) is 17.3 Å². The van der Waals surface area contributed by atoms with Crippen molar-refractivity contribution in [3.8, 4) is 0 Å². The highest BCUT2D eigenvalue weighted by atomic mass is 19.4. The van der Waals surface area contributed by atoms with Gasteiger partial charge in [0.15, 0.2) is 0 Å². The van der Waals surface area contributed by atoms with Gasteiger partial charge < -0.3 is 10.1 Å². The predicted octanol–water partition coefficient (Wildman–Crippen LogP) is 2.48. The average Bonchev–Trinajstić information content (AvgIpc) is 2.28. The largest absolute Gasteiger partial charge is 0.416 e. The average molecular weight is 247 g/mol. The Bertz CT molecular complexity index is 335. The number of halogens is 3. The molecule has 0 amide bonds. The zero-order valence-electron chi connectivity index (χ0n) is 9.84. The van der Waals surface area contributed by atoms with E-state index in [1.165, 1.54) is 12.1 Å². The Morgan fingerprint density at radius 3 is 2.24 bits per heavy atom. The molecule has 0 saturated carbocycles. The Hall–Kier alpha value is -1.07. The minimum atomic E-state index is -4.27. The van der Waals surface area contributed by atoms with Crippen LogP contribution in [0.15, 0.2) is 24.3 Å². The summed E-state index contributed by atoms with van der Waals surface area (Å²) in [6.07, 6.45) is -3.63. The van der Waals surface area contributed by atoms with Crippen LogP contribution in [0.4, 0.5) is 13.2 Å². The third-order valence-electron chi connectivity index (χ3n) is 2.54. The zero-order chi connectivity index (χ0) is 12.9. The summed E-state index contributed by atoms with van der Waals surface area (Å²) < 4.78 is 42.0. The monoisotopic (exact) mass is 247 g/mol. The summed E-state index contributed by atoms with van der Waals surface area (Å²) in [7, 11) is 3.39. The van der Waals surface area contributed by atoms with E-state index in [0.29, 0.717) is 13.0 Å². The molecule has 0 aliphatic heterocycles. The number of hydrogen-bond acceptors (Lipinski definition) is 2. The molecule has 96 valence electrons. The fourth-order valence-corrected chi connectivity index (χ4v) is 1.56. The SMILES string of the molecule is CNC(COC)Cc1ccc(C(F)(F)F)cc1. The van der Waals surface area contributed by atoms with Gasteiger partial charge in [-0.15, -0.1) is 0 Å². The third-order valence-corrected chi connectivity index (χ3v) is 2.54. The van der Waals surface area contributed by atoms with E-state index < -0.39 is 11.7 Å². The van der Waals surface area contributed by atoms with Crippen molar-refractivity contribution < 1.29 is 17.9 Å². The summed E-state index contributed by atoms with van der Waals surface area (Å²) in [5.74, 6) is 0. The lowest BCUT2D eigenvalue weighted by molar-refractivity contribution is -0.137. The van der Waals surface area contributed by atoms with Crippen LogP contribution in [-0.4, -0.2) is 26.8 Å². The first-order chi connectivity index (χ1) is 7.97. The smallest absolute Gasteiger partial charge is 0.383 e. The summed E-state index contributed by atoms with van der Waals surface area (Å²) in [6, 6.07) is 5.33. The molecule has 17 heavy (non-hydrogen) atoms. The molecule has 0 aromatic heterocycles. The van der Waals surface area contributed by atoms with Crippen molar-refractivity contribution >= 4 is 0 Å². The van der Waals surface area contributed by atoms with E-state index in [4.69, 9.17) is 4.74 Å². The van der Waals surface area contributed by atoms with Gasteiger partial charge in [0.25, 0.3) is 0 Å². The van der Waals surface area contributed by atoms with Crippen molar-refractivity contribution in [1.82, 2.24) is 5.32 Å². The summed E-state index contributed by atoms with van der Waals surface area (Å²) >= 11 is 0. The third kappa shape index (κ3) is 4.36. The van der Waals surface area contributed by atoms with Crippen LogP contribution in [0.3, 0.4) is 0 Å². The summed E-state index contributed by atoms with van der Waals surface area (Å²) in [5.41, 5.74) is 0.239. The fraction of sp³-hybridized carbons (Fsp3) is 0.500. The van der Waals surface area contributed by atoms with Gasteiger partial charge in [-0.3, -0.25) is 0 Å². The van der Waals surface area contributed by atoms with E-state index in [-0.39, 0.29) is 6.04 Å². The minimum absolute atomic E-state index is 0.108. The van der Waals surface area contributed by atoms with Crippen LogP contribution < -0.4 is 5.32 Å². The van der Waals surface area contributed by atoms with E-state index in [0.717, 1.165) is 17.7 Å². The molecule has 1 unspecified atom stereocenters. The molecule has 0 heterocycles. The van der Waals surface area contributed by atoms with Crippen LogP contribution in [0.2, 0.25) is 0 Å². The number of ether oxygens (including phenoxy) is 1. The number of alkyl halides is 3. The normalized spacial score (nSPS) is 13.7. The first kappa shape index (κ1) is 14.0. The van der Waals surface area contributed by atoms with Gasteiger partial charge in [-0.2, -0.15) is 13.2 Å². The summed E-state index contributed by atoms with van der Waals surface area (Å²) in [4.78, 5) is 0. The lowest BCUT2D eigenvalue weighted by Crippen LogP contribution is -2.32. The molecule has 1 N–H and O–H groups in total. The number of benzene rings is 1. The van der Waals surface area contributed by atoms with Gasteiger partial charge in [0.2, 0.25) is 0 Å². The maximum atomic E-state index is 12.3. The topological polar surface area (TPSA) is 21.3 Å². The maximum absolute atomic E-state index is 12.3. The zero-order valence-corrected chi connectivity index (χ0v) is 9.84. The molecule has 0 aliphatic rings. The van der Waals surface area contributed by atoms with Gasteiger partial charge in [-0.1, -0.05) is 12.1 Å². The van der Waals surface area contributed by atoms with Crippen molar-refractivity contribution in [2.24, 2.45) is 0 Å². The summed E-state index contributed by atoms with van der Waals surface area (Å²) in [5, 5.41) is 3.05. The van der Waals surface area contributed by atoms with Crippen molar-refractivity contribution in [2.45, 2.75) is 18.6 Å². The van der Waals surface area contributed by atoms with Crippen LogP contribution in [0.1, 0.15) is 11.1 Å². The molecule has 1 aromatic rings. The van der Waals surface area contributed by atoms with Crippen LogP contribution in [0, 0.1) is 0 Å². The molecular weight excluding hydrogens is 231 g/mol. The minimum Gasteiger partial charge on any atom is -0.383 e. The highest BCUT2D eigenvalue weighted by Crippen LogP contribution is 2.29. The molecule has 2 nitrogen and oxygen atoms in total. The van der Waals surface area contributed by atoms with Gasteiger partial charge in [0.1, 0.15) is 0 Å². The van der Waals surface area contributed by atoms with E-state index in [9.17, 15) is 13.2 Å². The Morgan fingerprint density at radius 2 is 1.82 bits per heavy atom. The Balaban J connectivity index is 2.68. The predicted molar refractivity (Wildman–Crippen MR) is 59.9 cm³/mol. The number of hydrogen-bond donors (Lipinski definition) is 1. The Kier molecular flexibility index (Phi) is 4.96. The first-order valence-corrected chi connectivity index (χ1v) is 5.29. The molecular formula is C12H16F3NO. The molecule has 1 rings (SSSR count). The van der Waals surface area contributed by atoms with Gasteiger partial charge in [0, 0.05) is 13.2 Å². The van der Waals surface area contributed by atoms with Crippen molar-refractivity contribution in [3.63, 3.8) is 0 Å². The second-order valence-corrected chi connectivity index (χ2v) is 3.84. The molecule has 0 radical (unpaired) electrons. The molecule has 1 aromatic carbocycles. The van der Waals surface area contributed by atoms with Crippen LogP contribution >= 0.6 is 0 Å². The van der Waals surface area contributed by atoms with Gasteiger partial charge in [-0.05, 0) is 31.2 Å². The Labute approximate surface area is 98.8 Å². The molecule has 0 aliphatic carbocycles. The fourth-order valence-electron chi connectivity index (χ4n) is 1.56. The van der Waals surface area contributed by atoms with Crippen molar-refractivity contribution in [3.05, 3.63) is 35.4 Å². The molecule has 1 atom stereocenters. The highest BCUT2D eigenvalue weighted by molar-refractivity contribution is 5.25. The lowest BCUT2D eigenvalue weighted by atomic mass is 10.0. The van der Waals surface area contributed by atoms with E-state index >= 15 is 0 Å². The van der Waals surface area contributed by atoms with Gasteiger partial charge in [0.05, 0.1) is 12.2 Å². The Morgan fingerprint density at radius 1 is 1.24 bits per heavy atom. The van der Waals surface area contributed by atoms with E-state index in [2.05, 4.69) is 5.32 Å². The second kappa shape index (κ2) is 6.02. The number of methoxy groups -OCH3 is 1. The van der Waals surface area contributed by atoms with E-state index in [1.807, 2.05) is 0 Å². The number of nitrogens with one attached hydrogen (secondary N) is 1. The summed E-state index contributed by atoms with van der Waals surface area (Å²) in [6.45, 7) is 0.525. The maximum Gasteiger partial charge on any atom is 0.416 e. The molecule has 0 saturated heterocycles. The molecule has 5 heteroatoms. The lowest BCUT2D eigenvalue weighted by Gasteiger charge is -2.15. The first-order valence-electron chi connectivity index (χ1n) is 5.29. The number of likely N-dealkylation sites (N-methyl/N-ethyl adjacent to an activating group) is 1.